The highest BCUT2D eigenvalue weighted by Crippen LogP contribution is 2.17. The summed E-state index contributed by atoms with van der Waals surface area (Å²) in [5, 5.41) is 6.16. The summed E-state index contributed by atoms with van der Waals surface area (Å²) in [7, 11) is 0. The van der Waals surface area contributed by atoms with Crippen LogP contribution in [0.25, 0.3) is 0 Å². The second kappa shape index (κ2) is 8.62. The number of piperidine rings is 1. The van der Waals surface area contributed by atoms with Crippen molar-refractivity contribution < 1.29 is 9.59 Å². The number of anilines is 1. The smallest absolute Gasteiger partial charge is 0.228 e. The van der Waals surface area contributed by atoms with E-state index in [9.17, 15) is 9.59 Å². The van der Waals surface area contributed by atoms with Crippen LogP contribution in [-0.4, -0.2) is 24.8 Å². The van der Waals surface area contributed by atoms with Crippen molar-refractivity contribution in [2.24, 2.45) is 5.92 Å². The highest BCUT2D eigenvalue weighted by atomic mass is 35.5. The van der Waals surface area contributed by atoms with Gasteiger partial charge in [-0.2, -0.15) is 0 Å². The molecule has 1 aliphatic heterocycles. The lowest BCUT2D eigenvalue weighted by Gasteiger charge is -2.22. The molecule has 0 bridgehead atoms. The predicted octanol–water partition coefficient (Wildman–Crippen LogP) is 3.28. The number of ketones is 1. The van der Waals surface area contributed by atoms with Crippen molar-refractivity contribution in [2.75, 3.05) is 18.4 Å². The van der Waals surface area contributed by atoms with Crippen LogP contribution in [0, 0.1) is 5.92 Å². The van der Waals surface area contributed by atoms with Crippen LogP contribution in [0.15, 0.2) is 54.6 Å². The molecule has 2 N–H and O–H groups in total. The topological polar surface area (TPSA) is 58.2 Å². The van der Waals surface area contributed by atoms with Gasteiger partial charge in [0.05, 0.1) is 5.92 Å². The van der Waals surface area contributed by atoms with Gasteiger partial charge in [-0.25, -0.2) is 0 Å². The third kappa shape index (κ3) is 4.43. The molecule has 0 spiro atoms. The van der Waals surface area contributed by atoms with Crippen molar-refractivity contribution in [3.63, 3.8) is 0 Å². The molecular weight excluding hydrogens is 324 g/mol. The molecule has 0 radical (unpaired) electrons. The van der Waals surface area contributed by atoms with Gasteiger partial charge in [0.2, 0.25) is 5.91 Å². The number of carbonyl (C=O) groups excluding carboxylic acids is 2. The Morgan fingerprint density at radius 3 is 2.46 bits per heavy atom. The van der Waals surface area contributed by atoms with Gasteiger partial charge in [0.15, 0.2) is 5.78 Å². The zero-order chi connectivity index (χ0) is 16.1. The average Bonchev–Trinajstić information content (AvgIpc) is 2.63. The number of hydrogen-bond acceptors (Lipinski definition) is 3. The minimum atomic E-state index is -0.0407. The molecule has 1 heterocycles. The Kier molecular flexibility index (Phi) is 6.53. The number of benzene rings is 2. The molecule has 0 aromatic heterocycles. The minimum Gasteiger partial charge on any atom is -0.326 e. The van der Waals surface area contributed by atoms with Crippen LogP contribution in [0.5, 0.6) is 0 Å². The second-order valence-electron chi connectivity index (χ2n) is 5.81. The zero-order valence-corrected chi connectivity index (χ0v) is 14.1. The van der Waals surface area contributed by atoms with Gasteiger partial charge in [-0.05, 0) is 31.5 Å². The van der Waals surface area contributed by atoms with Crippen LogP contribution in [0.1, 0.15) is 28.8 Å². The highest BCUT2D eigenvalue weighted by molar-refractivity contribution is 6.09. The highest BCUT2D eigenvalue weighted by Gasteiger charge is 2.21. The molecule has 0 saturated carbocycles. The molecule has 1 atom stereocenters. The van der Waals surface area contributed by atoms with E-state index in [-0.39, 0.29) is 30.0 Å². The molecule has 5 heteroatoms. The van der Waals surface area contributed by atoms with Crippen LogP contribution >= 0.6 is 12.4 Å². The maximum absolute atomic E-state index is 12.5. The van der Waals surface area contributed by atoms with Crippen molar-refractivity contribution in [3.05, 3.63) is 65.7 Å². The van der Waals surface area contributed by atoms with Crippen molar-refractivity contribution in [3.8, 4) is 0 Å². The van der Waals surface area contributed by atoms with E-state index >= 15 is 0 Å². The summed E-state index contributed by atoms with van der Waals surface area (Å²) < 4.78 is 0. The quantitative estimate of drug-likeness (QED) is 0.837. The van der Waals surface area contributed by atoms with E-state index in [4.69, 9.17) is 0 Å². The van der Waals surface area contributed by atoms with Gasteiger partial charge in [0.1, 0.15) is 0 Å². The second-order valence-corrected chi connectivity index (χ2v) is 5.81. The summed E-state index contributed by atoms with van der Waals surface area (Å²) in [5.41, 5.74) is 1.89. The normalized spacial score (nSPS) is 16.8. The van der Waals surface area contributed by atoms with Crippen molar-refractivity contribution >= 4 is 29.8 Å². The fourth-order valence-electron chi connectivity index (χ4n) is 2.81. The van der Waals surface area contributed by atoms with E-state index < -0.39 is 0 Å². The van der Waals surface area contributed by atoms with E-state index in [1.165, 1.54) is 0 Å². The van der Waals surface area contributed by atoms with E-state index in [0.29, 0.717) is 23.4 Å². The van der Waals surface area contributed by atoms with Crippen molar-refractivity contribution in [2.45, 2.75) is 12.8 Å². The number of hydrogen-bond donors (Lipinski definition) is 2. The predicted molar refractivity (Wildman–Crippen MR) is 97.8 cm³/mol. The summed E-state index contributed by atoms with van der Waals surface area (Å²) in [6, 6.07) is 16.3. The largest absolute Gasteiger partial charge is 0.326 e. The molecule has 126 valence electrons. The Morgan fingerprint density at radius 2 is 1.75 bits per heavy atom. The Balaban J connectivity index is 0.00000208. The average molecular weight is 345 g/mol. The molecule has 4 nitrogen and oxygen atoms in total. The van der Waals surface area contributed by atoms with Crippen LogP contribution in [0.2, 0.25) is 0 Å². The number of carbonyl (C=O) groups is 2. The first-order chi connectivity index (χ1) is 11.2. The fraction of sp³-hybridized carbons (Fsp3) is 0.263. The minimum absolute atomic E-state index is 0. The maximum atomic E-state index is 12.5. The Bertz CT molecular complexity index is 698. The van der Waals surface area contributed by atoms with Gasteiger partial charge in [-0.15, -0.1) is 12.4 Å². The summed E-state index contributed by atoms with van der Waals surface area (Å²) >= 11 is 0. The van der Waals surface area contributed by atoms with Gasteiger partial charge in [0.25, 0.3) is 0 Å². The van der Waals surface area contributed by atoms with E-state index in [0.717, 1.165) is 19.4 Å². The molecule has 1 aliphatic rings. The third-order valence-electron chi connectivity index (χ3n) is 4.10. The monoisotopic (exact) mass is 344 g/mol. The van der Waals surface area contributed by atoms with Crippen LogP contribution in [0.4, 0.5) is 5.69 Å². The van der Waals surface area contributed by atoms with Gasteiger partial charge in [0, 0.05) is 23.4 Å². The van der Waals surface area contributed by atoms with Gasteiger partial charge in [-0.1, -0.05) is 42.5 Å². The zero-order valence-electron chi connectivity index (χ0n) is 13.3. The van der Waals surface area contributed by atoms with Gasteiger partial charge < -0.3 is 10.6 Å². The van der Waals surface area contributed by atoms with Crippen LogP contribution in [0.3, 0.4) is 0 Å². The lowest BCUT2D eigenvalue weighted by molar-refractivity contribution is -0.120. The summed E-state index contributed by atoms with van der Waals surface area (Å²) in [5.74, 6) is -0.0280. The van der Waals surface area contributed by atoms with Crippen molar-refractivity contribution in [1.29, 1.82) is 0 Å². The van der Waals surface area contributed by atoms with Crippen LogP contribution in [-0.2, 0) is 4.79 Å². The molecule has 1 saturated heterocycles. The van der Waals surface area contributed by atoms with Gasteiger partial charge in [-0.3, -0.25) is 9.59 Å². The molecule has 1 fully saturated rings. The lowest BCUT2D eigenvalue weighted by Crippen LogP contribution is -2.37. The molecule has 2 aromatic rings. The summed E-state index contributed by atoms with van der Waals surface area (Å²) in [6.45, 7) is 1.69. The van der Waals surface area contributed by atoms with Gasteiger partial charge >= 0.3 is 0 Å². The fourth-order valence-corrected chi connectivity index (χ4v) is 2.81. The third-order valence-corrected chi connectivity index (χ3v) is 4.10. The lowest BCUT2D eigenvalue weighted by atomic mass is 9.98. The summed E-state index contributed by atoms with van der Waals surface area (Å²) in [4.78, 5) is 24.7. The number of nitrogens with one attached hydrogen (secondary N) is 2. The van der Waals surface area contributed by atoms with Crippen LogP contribution < -0.4 is 10.6 Å². The molecular formula is C19H21ClN2O2. The SMILES string of the molecule is Cl.O=C(c1ccccc1)c1cccc(NC(=O)C2CCCNC2)c1. The maximum Gasteiger partial charge on any atom is 0.228 e. The molecule has 1 amide bonds. The molecule has 1 unspecified atom stereocenters. The first kappa shape index (κ1) is 18.2. The number of halogens is 1. The first-order valence-electron chi connectivity index (χ1n) is 7.95. The Hall–Kier alpha value is -2.17. The molecule has 0 aliphatic carbocycles. The van der Waals surface area contributed by atoms with E-state index in [1.807, 2.05) is 24.3 Å². The summed E-state index contributed by atoms with van der Waals surface area (Å²) in [6.07, 6.45) is 1.92. The van der Waals surface area contributed by atoms with E-state index in [1.54, 1.807) is 30.3 Å². The first-order valence-corrected chi connectivity index (χ1v) is 7.95. The number of rotatable bonds is 4. The molecule has 3 rings (SSSR count). The molecule has 24 heavy (non-hydrogen) atoms. The Labute approximate surface area is 148 Å². The van der Waals surface area contributed by atoms with E-state index in [2.05, 4.69) is 10.6 Å². The standard InChI is InChI=1S/C19H20N2O2.ClH/c22-18(14-6-2-1-3-7-14)15-8-4-10-17(12-15)21-19(23)16-9-5-11-20-13-16;/h1-4,6-8,10,12,16,20H,5,9,11,13H2,(H,21,23);1H. The molecule has 2 aromatic carbocycles. The Morgan fingerprint density at radius 1 is 1.00 bits per heavy atom. The van der Waals surface area contributed by atoms with Crippen molar-refractivity contribution in [1.82, 2.24) is 5.32 Å². The number of amides is 1.